The zero-order chi connectivity index (χ0) is 16.6. The summed E-state index contributed by atoms with van der Waals surface area (Å²) in [7, 11) is 0. The standard InChI is InChI=1S/C15H22BrN5O2/c1-10(2)23-15(22)20-7-6-19(9-11(20)3)14-5-4-13-17-8-12(16)21(13)18-14/h4-5,8,10-11,15,22H,6-7,9H2,1-3H3. The number of nitrogens with zero attached hydrogens (tertiary/aromatic N) is 5. The van der Waals surface area contributed by atoms with E-state index >= 15 is 0 Å². The maximum Gasteiger partial charge on any atom is 0.216 e. The summed E-state index contributed by atoms with van der Waals surface area (Å²) < 4.78 is 8.11. The van der Waals surface area contributed by atoms with Crippen molar-refractivity contribution in [3.8, 4) is 0 Å². The van der Waals surface area contributed by atoms with Crippen LogP contribution in [0.25, 0.3) is 5.65 Å². The van der Waals surface area contributed by atoms with Crippen molar-refractivity contribution in [1.82, 2.24) is 19.5 Å². The summed E-state index contributed by atoms with van der Waals surface area (Å²) in [4.78, 5) is 8.45. The van der Waals surface area contributed by atoms with E-state index in [0.29, 0.717) is 0 Å². The Morgan fingerprint density at radius 2 is 2.13 bits per heavy atom. The van der Waals surface area contributed by atoms with Crippen LogP contribution in [0, 0.1) is 0 Å². The van der Waals surface area contributed by atoms with Crippen molar-refractivity contribution in [2.75, 3.05) is 24.5 Å². The van der Waals surface area contributed by atoms with E-state index in [1.54, 1.807) is 10.7 Å². The Morgan fingerprint density at radius 3 is 2.83 bits per heavy atom. The highest BCUT2D eigenvalue weighted by molar-refractivity contribution is 9.10. The second-order valence-electron chi connectivity index (χ2n) is 6.09. The number of aromatic nitrogens is 3. The van der Waals surface area contributed by atoms with Gasteiger partial charge in [-0.3, -0.25) is 0 Å². The molecule has 2 unspecified atom stereocenters. The molecule has 8 heteroatoms. The molecular weight excluding hydrogens is 362 g/mol. The van der Waals surface area contributed by atoms with Crippen LogP contribution in [0.1, 0.15) is 20.8 Å². The number of rotatable bonds is 4. The van der Waals surface area contributed by atoms with Crippen LogP contribution in [0.15, 0.2) is 22.9 Å². The van der Waals surface area contributed by atoms with E-state index in [2.05, 4.69) is 37.8 Å². The van der Waals surface area contributed by atoms with Gasteiger partial charge in [-0.1, -0.05) is 0 Å². The Labute approximate surface area is 144 Å². The molecule has 1 N–H and O–H groups in total. The van der Waals surface area contributed by atoms with E-state index in [-0.39, 0.29) is 12.1 Å². The summed E-state index contributed by atoms with van der Waals surface area (Å²) in [5, 5.41) is 14.8. The van der Waals surface area contributed by atoms with Crippen LogP contribution >= 0.6 is 15.9 Å². The van der Waals surface area contributed by atoms with Gasteiger partial charge < -0.3 is 14.7 Å². The number of aliphatic hydroxyl groups excluding tert-OH is 1. The van der Waals surface area contributed by atoms with E-state index in [4.69, 9.17) is 4.74 Å². The number of imidazole rings is 1. The minimum atomic E-state index is -0.856. The molecule has 0 aliphatic carbocycles. The Morgan fingerprint density at radius 1 is 1.35 bits per heavy atom. The summed E-state index contributed by atoms with van der Waals surface area (Å²) >= 11 is 3.45. The molecule has 3 heterocycles. The Kier molecular flexibility index (Phi) is 4.86. The summed E-state index contributed by atoms with van der Waals surface area (Å²) in [6.07, 6.45) is 0.884. The lowest BCUT2D eigenvalue weighted by atomic mass is 10.2. The maximum atomic E-state index is 10.2. The summed E-state index contributed by atoms with van der Waals surface area (Å²) in [6, 6.07) is 4.11. The number of anilines is 1. The molecule has 2 atom stereocenters. The molecule has 7 nitrogen and oxygen atoms in total. The van der Waals surface area contributed by atoms with E-state index in [1.807, 2.05) is 30.9 Å². The van der Waals surface area contributed by atoms with Crippen LogP contribution < -0.4 is 4.90 Å². The normalized spacial score (nSPS) is 21.3. The van der Waals surface area contributed by atoms with Gasteiger partial charge in [0.2, 0.25) is 6.41 Å². The average molecular weight is 384 g/mol. The van der Waals surface area contributed by atoms with Gasteiger partial charge in [0.25, 0.3) is 0 Å². The molecule has 0 saturated carbocycles. The maximum absolute atomic E-state index is 10.2. The van der Waals surface area contributed by atoms with Gasteiger partial charge in [-0.05, 0) is 48.8 Å². The largest absolute Gasteiger partial charge is 0.356 e. The monoisotopic (exact) mass is 383 g/mol. The van der Waals surface area contributed by atoms with E-state index < -0.39 is 6.41 Å². The summed E-state index contributed by atoms with van der Waals surface area (Å²) in [5.74, 6) is 0.905. The van der Waals surface area contributed by atoms with Crippen molar-refractivity contribution in [2.45, 2.75) is 39.3 Å². The predicted octanol–water partition coefficient (Wildman–Crippen LogP) is 1.70. The average Bonchev–Trinajstić information content (AvgIpc) is 2.87. The highest BCUT2D eigenvalue weighted by Crippen LogP contribution is 2.21. The van der Waals surface area contributed by atoms with Gasteiger partial charge >= 0.3 is 0 Å². The lowest BCUT2D eigenvalue weighted by molar-refractivity contribution is -0.222. The van der Waals surface area contributed by atoms with Gasteiger partial charge in [0.05, 0.1) is 12.3 Å². The van der Waals surface area contributed by atoms with Crippen molar-refractivity contribution < 1.29 is 9.84 Å². The fourth-order valence-corrected chi connectivity index (χ4v) is 3.20. The fourth-order valence-electron chi connectivity index (χ4n) is 2.83. The zero-order valence-corrected chi connectivity index (χ0v) is 15.1. The van der Waals surface area contributed by atoms with Crippen LogP contribution in [0.2, 0.25) is 0 Å². The molecule has 0 spiro atoms. The minimum Gasteiger partial charge on any atom is -0.356 e. The molecule has 126 valence electrons. The van der Waals surface area contributed by atoms with Gasteiger partial charge in [-0.2, -0.15) is 0 Å². The molecule has 1 saturated heterocycles. The third-order valence-electron chi connectivity index (χ3n) is 3.99. The van der Waals surface area contributed by atoms with Crippen LogP contribution in [0.3, 0.4) is 0 Å². The third-order valence-corrected chi connectivity index (χ3v) is 4.53. The van der Waals surface area contributed by atoms with Crippen LogP contribution in [-0.2, 0) is 4.74 Å². The second-order valence-corrected chi connectivity index (χ2v) is 6.90. The fraction of sp³-hybridized carbons (Fsp3) is 0.600. The first-order chi connectivity index (χ1) is 11.0. The first-order valence-electron chi connectivity index (χ1n) is 7.80. The van der Waals surface area contributed by atoms with Crippen LogP contribution in [-0.4, -0.2) is 62.8 Å². The number of hydrogen-bond donors (Lipinski definition) is 1. The van der Waals surface area contributed by atoms with Crippen molar-refractivity contribution >= 4 is 27.4 Å². The first-order valence-corrected chi connectivity index (χ1v) is 8.59. The highest BCUT2D eigenvalue weighted by Gasteiger charge is 2.30. The number of halogens is 1. The first kappa shape index (κ1) is 16.6. The molecule has 2 aromatic heterocycles. The smallest absolute Gasteiger partial charge is 0.216 e. The minimum absolute atomic E-state index is 0.00195. The van der Waals surface area contributed by atoms with E-state index in [9.17, 15) is 5.11 Å². The summed E-state index contributed by atoms with van der Waals surface area (Å²) in [6.45, 7) is 8.22. The molecule has 2 aromatic rings. The molecule has 1 fully saturated rings. The Hall–Kier alpha value is -1.22. The Bertz CT molecular complexity index is 677. The lowest BCUT2D eigenvalue weighted by Gasteiger charge is -2.42. The topological polar surface area (TPSA) is 66.1 Å². The van der Waals surface area contributed by atoms with Gasteiger partial charge in [0.15, 0.2) is 5.65 Å². The van der Waals surface area contributed by atoms with E-state index in [0.717, 1.165) is 35.7 Å². The van der Waals surface area contributed by atoms with Crippen molar-refractivity contribution in [3.05, 3.63) is 22.9 Å². The van der Waals surface area contributed by atoms with E-state index in [1.165, 1.54) is 0 Å². The zero-order valence-electron chi connectivity index (χ0n) is 13.6. The molecular formula is C15H22BrN5O2. The molecule has 0 amide bonds. The SMILES string of the molecule is CC(C)OC(O)N1CCN(c2ccc3ncc(Br)n3n2)CC1C. The number of aliphatic hydroxyl groups is 1. The summed E-state index contributed by atoms with van der Waals surface area (Å²) in [5.41, 5.74) is 0.813. The third kappa shape index (κ3) is 3.50. The molecule has 3 rings (SSSR count). The number of ether oxygens (including phenoxy) is 1. The Balaban J connectivity index is 1.72. The van der Waals surface area contributed by atoms with Crippen molar-refractivity contribution in [3.63, 3.8) is 0 Å². The second kappa shape index (κ2) is 6.72. The molecule has 23 heavy (non-hydrogen) atoms. The molecule has 0 radical (unpaired) electrons. The van der Waals surface area contributed by atoms with Crippen LogP contribution in [0.4, 0.5) is 5.82 Å². The molecule has 0 bridgehead atoms. The molecule has 1 aliphatic rings. The van der Waals surface area contributed by atoms with Crippen molar-refractivity contribution in [1.29, 1.82) is 0 Å². The van der Waals surface area contributed by atoms with Gasteiger partial charge in [0, 0.05) is 25.7 Å². The van der Waals surface area contributed by atoms with Gasteiger partial charge in [0.1, 0.15) is 10.4 Å². The number of piperazine rings is 1. The molecule has 0 aromatic carbocycles. The van der Waals surface area contributed by atoms with Gasteiger partial charge in [-0.25, -0.2) is 14.4 Å². The molecule has 1 aliphatic heterocycles. The van der Waals surface area contributed by atoms with Crippen molar-refractivity contribution in [2.24, 2.45) is 0 Å². The lowest BCUT2D eigenvalue weighted by Crippen LogP contribution is -2.56. The number of hydrogen-bond acceptors (Lipinski definition) is 6. The highest BCUT2D eigenvalue weighted by atomic mass is 79.9. The quantitative estimate of drug-likeness (QED) is 0.810. The van der Waals surface area contributed by atoms with Gasteiger partial charge in [-0.15, -0.1) is 5.10 Å². The predicted molar refractivity (Wildman–Crippen MR) is 91.3 cm³/mol. The number of fused-ring (bicyclic) bond motifs is 1. The van der Waals surface area contributed by atoms with Crippen LogP contribution in [0.5, 0.6) is 0 Å².